The monoisotopic (exact) mass is 346 g/mol. The van der Waals surface area contributed by atoms with Crippen LogP contribution in [0.4, 0.5) is 10.1 Å². The number of nitrogen functional groups attached to an aromatic ring is 1. The van der Waals surface area contributed by atoms with E-state index in [4.69, 9.17) is 11.5 Å². The summed E-state index contributed by atoms with van der Waals surface area (Å²) in [5, 5.41) is -0.606. The van der Waals surface area contributed by atoms with Crippen molar-refractivity contribution < 1.29 is 14.0 Å². The van der Waals surface area contributed by atoms with E-state index in [-0.39, 0.29) is 17.0 Å². The summed E-state index contributed by atoms with van der Waals surface area (Å²) < 4.78 is 13.0. The number of ketones is 1. The minimum Gasteiger partial charge on any atom is -0.398 e. The van der Waals surface area contributed by atoms with Crippen molar-refractivity contribution in [3.05, 3.63) is 65.0 Å². The van der Waals surface area contributed by atoms with Crippen molar-refractivity contribution in [2.75, 3.05) is 11.5 Å². The van der Waals surface area contributed by atoms with Gasteiger partial charge in [0, 0.05) is 16.8 Å². The predicted molar refractivity (Wildman–Crippen MR) is 95.4 cm³/mol. The van der Waals surface area contributed by atoms with Gasteiger partial charge in [-0.25, -0.2) is 4.39 Å². The van der Waals surface area contributed by atoms with Crippen molar-refractivity contribution in [2.24, 2.45) is 5.73 Å². The van der Waals surface area contributed by atoms with E-state index in [0.29, 0.717) is 11.1 Å². The highest BCUT2D eigenvalue weighted by molar-refractivity contribution is 8.00. The van der Waals surface area contributed by atoms with E-state index >= 15 is 0 Å². The van der Waals surface area contributed by atoms with Gasteiger partial charge in [-0.15, -0.1) is 11.8 Å². The molecule has 0 aliphatic rings. The lowest BCUT2D eigenvalue weighted by molar-refractivity contribution is -0.117. The summed E-state index contributed by atoms with van der Waals surface area (Å²) in [7, 11) is 0. The predicted octanol–water partition coefficient (Wildman–Crippen LogP) is 3.31. The molecule has 24 heavy (non-hydrogen) atoms. The average Bonchev–Trinajstić information content (AvgIpc) is 2.56. The van der Waals surface area contributed by atoms with Crippen LogP contribution in [0.15, 0.2) is 42.5 Å². The largest absolute Gasteiger partial charge is 0.398 e. The number of primary amides is 1. The number of hydrogen-bond donors (Lipinski definition) is 2. The van der Waals surface area contributed by atoms with Crippen LogP contribution < -0.4 is 11.5 Å². The zero-order valence-corrected chi connectivity index (χ0v) is 14.1. The number of halogens is 1. The summed E-state index contributed by atoms with van der Waals surface area (Å²) in [6.07, 6.45) is 0.891. The molecular weight excluding hydrogens is 327 g/mol. The number of nitrogens with two attached hydrogens (primary N) is 2. The molecule has 4 nitrogen and oxygen atoms in total. The zero-order chi connectivity index (χ0) is 17.7. The minimum absolute atomic E-state index is 0.235. The van der Waals surface area contributed by atoms with E-state index in [2.05, 4.69) is 0 Å². The van der Waals surface area contributed by atoms with E-state index in [1.54, 1.807) is 18.2 Å². The molecule has 1 amide bonds. The van der Waals surface area contributed by atoms with Crippen LogP contribution >= 0.6 is 11.8 Å². The maximum atomic E-state index is 13.0. The summed E-state index contributed by atoms with van der Waals surface area (Å²) in [5.74, 6) is -0.481. The van der Waals surface area contributed by atoms with Crippen LogP contribution in [0.5, 0.6) is 0 Å². The van der Waals surface area contributed by atoms with Crippen LogP contribution in [0.3, 0.4) is 0 Å². The summed E-state index contributed by atoms with van der Waals surface area (Å²) in [6.45, 7) is 2.00. The number of rotatable bonds is 7. The third-order valence-electron chi connectivity index (χ3n) is 3.52. The van der Waals surface area contributed by atoms with E-state index < -0.39 is 17.0 Å². The fraction of sp³-hybridized carbons (Fsp3) is 0.222. The van der Waals surface area contributed by atoms with Crippen molar-refractivity contribution in [3.8, 4) is 0 Å². The first-order chi connectivity index (χ1) is 11.5. The van der Waals surface area contributed by atoms with Gasteiger partial charge < -0.3 is 11.5 Å². The van der Waals surface area contributed by atoms with Gasteiger partial charge in [-0.2, -0.15) is 0 Å². The average molecular weight is 346 g/mol. The van der Waals surface area contributed by atoms with Crippen LogP contribution in [-0.2, 0) is 4.79 Å². The van der Waals surface area contributed by atoms with Crippen LogP contribution in [0.1, 0.15) is 40.1 Å². The Kier molecular flexibility index (Phi) is 5.98. The van der Waals surface area contributed by atoms with Gasteiger partial charge >= 0.3 is 0 Å². The molecule has 4 N–H and O–H groups in total. The Morgan fingerprint density at radius 2 is 1.83 bits per heavy atom. The van der Waals surface area contributed by atoms with Gasteiger partial charge in [0.15, 0.2) is 5.78 Å². The van der Waals surface area contributed by atoms with Gasteiger partial charge in [0.25, 0.3) is 0 Å². The molecule has 0 saturated heterocycles. The Labute approximate surface area is 144 Å². The lowest BCUT2D eigenvalue weighted by Gasteiger charge is -2.17. The van der Waals surface area contributed by atoms with Crippen LogP contribution in [0.2, 0.25) is 0 Å². The van der Waals surface area contributed by atoms with Crippen molar-refractivity contribution in [2.45, 2.75) is 18.6 Å². The highest BCUT2D eigenvalue weighted by atomic mass is 32.2. The van der Waals surface area contributed by atoms with Gasteiger partial charge in [-0.1, -0.05) is 19.1 Å². The third kappa shape index (κ3) is 3.94. The molecule has 0 aromatic heterocycles. The van der Waals surface area contributed by atoms with Crippen molar-refractivity contribution >= 4 is 29.1 Å². The quantitative estimate of drug-likeness (QED) is 0.595. The van der Waals surface area contributed by atoms with Crippen LogP contribution in [0, 0.1) is 5.82 Å². The minimum atomic E-state index is -0.606. The Morgan fingerprint density at radius 3 is 2.42 bits per heavy atom. The first-order valence-corrected chi connectivity index (χ1v) is 8.60. The second-order valence-corrected chi connectivity index (χ2v) is 6.51. The lowest BCUT2D eigenvalue weighted by atomic mass is 9.97. The van der Waals surface area contributed by atoms with Crippen molar-refractivity contribution in [3.63, 3.8) is 0 Å². The smallest absolute Gasteiger partial charge is 0.235 e. The van der Waals surface area contributed by atoms with Crippen LogP contribution in [0.25, 0.3) is 0 Å². The number of para-hydroxylation sites is 1. The standard InChI is InChI=1S/C18H19FN2O2S/c1-2-10-24-17(18(21)23)14-5-3-4-13(15(14)20)16(22)11-6-8-12(19)9-7-11/h3-9,17H,2,10,20H2,1H3,(H2,21,23). The molecule has 0 heterocycles. The summed E-state index contributed by atoms with van der Waals surface area (Å²) in [6, 6.07) is 10.2. The number of hydrogen-bond acceptors (Lipinski definition) is 4. The molecule has 0 bridgehead atoms. The molecule has 2 rings (SSSR count). The fourth-order valence-corrected chi connectivity index (χ4v) is 3.35. The van der Waals surface area contributed by atoms with Gasteiger partial charge in [0.2, 0.25) is 5.91 Å². The van der Waals surface area contributed by atoms with Gasteiger partial charge in [-0.05, 0) is 48.1 Å². The normalized spacial score (nSPS) is 11.9. The third-order valence-corrected chi connectivity index (χ3v) is 4.98. The molecule has 1 atom stereocenters. The molecule has 0 aliphatic heterocycles. The van der Waals surface area contributed by atoms with E-state index in [0.717, 1.165) is 12.2 Å². The van der Waals surface area contributed by atoms with Gasteiger partial charge in [-0.3, -0.25) is 9.59 Å². The number of amides is 1. The second-order valence-electron chi connectivity index (χ2n) is 5.30. The fourth-order valence-electron chi connectivity index (χ4n) is 2.33. The molecule has 0 radical (unpaired) electrons. The lowest BCUT2D eigenvalue weighted by Crippen LogP contribution is -2.21. The molecule has 0 spiro atoms. The first-order valence-electron chi connectivity index (χ1n) is 7.55. The first kappa shape index (κ1) is 18.0. The molecule has 1 unspecified atom stereocenters. The van der Waals surface area contributed by atoms with E-state index in [9.17, 15) is 14.0 Å². The highest BCUT2D eigenvalue weighted by Crippen LogP contribution is 2.34. The maximum Gasteiger partial charge on any atom is 0.235 e. The Morgan fingerprint density at radius 1 is 1.17 bits per heavy atom. The number of carbonyl (C=O) groups is 2. The van der Waals surface area contributed by atoms with E-state index in [1.165, 1.54) is 36.0 Å². The molecule has 0 aliphatic carbocycles. The van der Waals surface area contributed by atoms with Crippen LogP contribution in [-0.4, -0.2) is 17.4 Å². The molecule has 0 fully saturated rings. The van der Waals surface area contributed by atoms with Gasteiger partial charge in [0.05, 0.1) is 0 Å². The number of carbonyl (C=O) groups excluding carboxylic acids is 2. The van der Waals surface area contributed by atoms with E-state index in [1.807, 2.05) is 6.92 Å². The zero-order valence-electron chi connectivity index (χ0n) is 13.3. The molecular formula is C18H19FN2O2S. The van der Waals surface area contributed by atoms with Crippen molar-refractivity contribution in [1.82, 2.24) is 0 Å². The van der Waals surface area contributed by atoms with Crippen molar-refractivity contribution in [1.29, 1.82) is 0 Å². The topological polar surface area (TPSA) is 86.2 Å². The Hall–Kier alpha value is -2.34. The Balaban J connectivity index is 2.41. The highest BCUT2D eigenvalue weighted by Gasteiger charge is 2.23. The number of anilines is 1. The molecule has 2 aromatic carbocycles. The summed E-state index contributed by atoms with van der Waals surface area (Å²) in [5.41, 5.74) is 13.0. The Bertz CT molecular complexity index is 747. The van der Waals surface area contributed by atoms with Gasteiger partial charge in [0.1, 0.15) is 11.1 Å². The maximum absolute atomic E-state index is 13.0. The molecule has 0 saturated carbocycles. The molecule has 126 valence electrons. The summed E-state index contributed by atoms with van der Waals surface area (Å²) in [4.78, 5) is 24.4. The second kappa shape index (κ2) is 7.97. The summed E-state index contributed by atoms with van der Waals surface area (Å²) >= 11 is 1.40. The SMILES string of the molecule is CCCSC(C(N)=O)c1cccc(C(=O)c2ccc(F)cc2)c1N. The molecule has 6 heteroatoms. The number of benzene rings is 2. The molecule has 2 aromatic rings. The number of thioether (sulfide) groups is 1.